The van der Waals surface area contributed by atoms with Crippen molar-refractivity contribution in [2.75, 3.05) is 30.3 Å². The molecule has 11 nitrogen and oxygen atoms in total. The molecule has 0 radical (unpaired) electrons. The lowest BCUT2D eigenvalue weighted by molar-refractivity contribution is -0.120. The number of aryl methyl sites for hydroxylation is 2. The Morgan fingerprint density at radius 1 is 0.830 bits per heavy atom. The van der Waals surface area contributed by atoms with Crippen molar-refractivity contribution in [3.63, 3.8) is 0 Å². The molecule has 1 fully saturated rings. The highest BCUT2D eigenvalue weighted by Crippen LogP contribution is 2.39. The van der Waals surface area contributed by atoms with Crippen molar-refractivity contribution in [2.45, 2.75) is 58.3 Å². The largest absolute Gasteiger partial charge is 0.445 e. The van der Waals surface area contributed by atoms with E-state index < -0.39 is 18.2 Å². The van der Waals surface area contributed by atoms with Crippen LogP contribution in [0.1, 0.15) is 48.4 Å². The number of hydrogen-bond acceptors (Lipinski definition) is 6. The number of nitrogens with zero attached hydrogens (tertiary/aromatic N) is 2. The van der Waals surface area contributed by atoms with Gasteiger partial charge in [-0.05, 0) is 84.7 Å². The van der Waals surface area contributed by atoms with Gasteiger partial charge < -0.3 is 25.1 Å². The predicted octanol–water partition coefficient (Wildman–Crippen LogP) is 7.66. The van der Waals surface area contributed by atoms with Gasteiger partial charge >= 0.3 is 12.2 Å². The Kier molecular flexibility index (Phi) is 10.7. The first-order valence-corrected chi connectivity index (χ1v) is 18.2. The molecule has 4 aromatic carbocycles. The molecule has 0 spiro atoms. The summed E-state index contributed by atoms with van der Waals surface area (Å²) < 4.78 is 11.0. The van der Waals surface area contributed by atoms with E-state index in [1.807, 2.05) is 104 Å². The van der Waals surface area contributed by atoms with Crippen LogP contribution >= 0.6 is 0 Å². The second-order valence-corrected chi connectivity index (χ2v) is 13.5. The van der Waals surface area contributed by atoms with Gasteiger partial charge in [0.2, 0.25) is 11.8 Å². The van der Waals surface area contributed by atoms with Crippen LogP contribution in [0.4, 0.5) is 21.0 Å². The van der Waals surface area contributed by atoms with Crippen molar-refractivity contribution >= 4 is 46.3 Å². The van der Waals surface area contributed by atoms with Gasteiger partial charge in [0.1, 0.15) is 25.8 Å². The van der Waals surface area contributed by atoms with Crippen LogP contribution in [0.5, 0.6) is 0 Å². The minimum Gasteiger partial charge on any atom is -0.445 e. The molecule has 272 valence electrons. The minimum atomic E-state index is -0.598. The quantitative estimate of drug-likeness (QED) is 0.129. The second kappa shape index (κ2) is 16.1. The third kappa shape index (κ3) is 8.19. The number of hydrogen-bond donors (Lipinski definition) is 3. The number of amides is 4. The fourth-order valence-corrected chi connectivity index (χ4v) is 7.17. The van der Waals surface area contributed by atoms with E-state index >= 15 is 0 Å². The lowest BCUT2D eigenvalue weighted by Gasteiger charge is -2.23. The van der Waals surface area contributed by atoms with Crippen molar-refractivity contribution in [1.29, 1.82) is 0 Å². The van der Waals surface area contributed by atoms with Gasteiger partial charge in [-0.25, -0.2) is 9.59 Å². The fourth-order valence-electron chi connectivity index (χ4n) is 7.17. The molecule has 7 rings (SSSR count). The molecule has 11 heteroatoms. The maximum absolute atomic E-state index is 13.4. The fraction of sp³-hybridized carbons (Fsp3) is 0.286. The number of aromatic amines is 1. The Hall–Kier alpha value is -6.10. The Labute approximate surface area is 308 Å². The molecule has 1 aliphatic heterocycles. The van der Waals surface area contributed by atoms with Crippen LogP contribution in [0.3, 0.4) is 0 Å². The van der Waals surface area contributed by atoms with Crippen LogP contribution in [0.15, 0.2) is 97.1 Å². The number of likely N-dealkylation sites (tertiary alicyclic amines) is 1. The van der Waals surface area contributed by atoms with E-state index in [9.17, 15) is 19.2 Å². The molecule has 1 atom stereocenters. The van der Waals surface area contributed by atoms with Crippen molar-refractivity contribution in [3.05, 3.63) is 119 Å². The average Bonchev–Trinajstić information content (AvgIpc) is 3.82. The summed E-state index contributed by atoms with van der Waals surface area (Å²) in [5.74, 6) is -0.527. The number of carbonyl (C=O) groups is 4. The number of ether oxygens (including phenoxy) is 2. The van der Waals surface area contributed by atoms with Crippen LogP contribution in [0.2, 0.25) is 0 Å². The van der Waals surface area contributed by atoms with E-state index in [1.165, 1.54) is 9.80 Å². The molecular weight excluding hydrogens is 670 g/mol. The molecule has 1 aliphatic carbocycles. The number of rotatable bonds is 11. The molecule has 53 heavy (non-hydrogen) atoms. The van der Waals surface area contributed by atoms with Crippen LogP contribution < -0.4 is 10.6 Å². The number of fused-ring (bicyclic) bond motifs is 5. The third-order valence-corrected chi connectivity index (χ3v) is 9.76. The molecule has 2 aliphatic rings. The van der Waals surface area contributed by atoms with E-state index in [0.29, 0.717) is 37.3 Å². The van der Waals surface area contributed by atoms with E-state index in [4.69, 9.17) is 9.47 Å². The highest BCUT2D eigenvalue weighted by atomic mass is 16.6. The predicted molar refractivity (Wildman–Crippen MR) is 203 cm³/mol. The first kappa shape index (κ1) is 35.3. The first-order valence-electron chi connectivity index (χ1n) is 18.2. The van der Waals surface area contributed by atoms with Crippen LogP contribution in [-0.2, 0) is 45.1 Å². The smallest absolute Gasteiger partial charge is 0.410 e. The summed E-state index contributed by atoms with van der Waals surface area (Å²) in [5, 5.41) is 7.04. The molecule has 4 amide bonds. The van der Waals surface area contributed by atoms with Crippen molar-refractivity contribution in [1.82, 2.24) is 14.8 Å². The van der Waals surface area contributed by atoms with Gasteiger partial charge in [0.05, 0.1) is 0 Å². The molecule has 5 aromatic rings. The maximum Gasteiger partial charge on any atom is 0.410 e. The highest BCUT2D eigenvalue weighted by Gasteiger charge is 2.35. The first-order chi connectivity index (χ1) is 25.9. The zero-order valence-corrected chi connectivity index (χ0v) is 29.7. The van der Waals surface area contributed by atoms with Gasteiger partial charge in [0.15, 0.2) is 0 Å². The third-order valence-electron chi connectivity index (χ3n) is 9.76. The van der Waals surface area contributed by atoms with Gasteiger partial charge in [-0.1, -0.05) is 73.7 Å². The summed E-state index contributed by atoms with van der Waals surface area (Å²) in [5.41, 5.74) is 8.40. The second-order valence-electron chi connectivity index (χ2n) is 13.5. The normalized spacial score (nSPS) is 14.6. The highest BCUT2D eigenvalue weighted by molar-refractivity contribution is 6.01. The SMILES string of the molecule is CCCN(CC(=O)Nc1ccc2c(c1)CCc1c-2[nH]c2ccc(NC(=O)[C@@H]3CCCN3C(=O)OCc3ccccc3)cc12)C(=O)OCc1ccccc1. The molecule has 0 unspecified atom stereocenters. The summed E-state index contributed by atoms with van der Waals surface area (Å²) in [6, 6.07) is 30.0. The van der Waals surface area contributed by atoms with E-state index in [2.05, 4.69) is 15.6 Å². The van der Waals surface area contributed by atoms with Gasteiger partial charge in [0, 0.05) is 46.6 Å². The van der Waals surface area contributed by atoms with E-state index in [1.54, 1.807) is 0 Å². The van der Waals surface area contributed by atoms with Crippen molar-refractivity contribution in [2.24, 2.45) is 0 Å². The summed E-state index contributed by atoms with van der Waals surface area (Å²) >= 11 is 0. The van der Waals surface area contributed by atoms with Crippen molar-refractivity contribution in [3.8, 4) is 11.3 Å². The van der Waals surface area contributed by atoms with Crippen molar-refractivity contribution < 1.29 is 28.7 Å². The Balaban J connectivity index is 0.982. The monoisotopic (exact) mass is 713 g/mol. The van der Waals surface area contributed by atoms with Crippen LogP contribution in [0, 0.1) is 0 Å². The van der Waals surface area contributed by atoms with Gasteiger partial charge in [-0.15, -0.1) is 0 Å². The number of H-pyrrole nitrogens is 1. The summed E-state index contributed by atoms with van der Waals surface area (Å²) in [4.78, 5) is 58.7. The number of benzene rings is 4. The lowest BCUT2D eigenvalue weighted by atomic mass is 9.88. The van der Waals surface area contributed by atoms with Gasteiger partial charge in [-0.3, -0.25) is 19.4 Å². The number of nitrogens with one attached hydrogen (secondary N) is 3. The summed E-state index contributed by atoms with van der Waals surface area (Å²) in [7, 11) is 0. The Morgan fingerprint density at radius 2 is 1.53 bits per heavy atom. The van der Waals surface area contributed by atoms with Crippen LogP contribution in [-0.4, -0.2) is 64.5 Å². The topological polar surface area (TPSA) is 133 Å². The van der Waals surface area contributed by atoms with Gasteiger partial charge in [0.25, 0.3) is 0 Å². The molecule has 2 heterocycles. The molecule has 3 N–H and O–H groups in total. The number of aromatic nitrogens is 1. The number of carbonyl (C=O) groups excluding carboxylic acids is 4. The summed E-state index contributed by atoms with van der Waals surface area (Å²) in [6.07, 6.45) is 2.54. The van der Waals surface area contributed by atoms with E-state index in [0.717, 1.165) is 63.7 Å². The zero-order valence-electron chi connectivity index (χ0n) is 29.7. The molecular formula is C42H43N5O6. The van der Waals surface area contributed by atoms with Gasteiger partial charge in [-0.2, -0.15) is 0 Å². The van der Waals surface area contributed by atoms with E-state index in [-0.39, 0.29) is 31.6 Å². The summed E-state index contributed by atoms with van der Waals surface area (Å²) in [6.45, 7) is 3.02. The maximum atomic E-state index is 13.4. The average molecular weight is 714 g/mol. The molecule has 1 saturated heterocycles. The van der Waals surface area contributed by atoms with Crippen LogP contribution in [0.25, 0.3) is 22.2 Å². The Morgan fingerprint density at radius 3 is 2.26 bits per heavy atom. The molecule has 0 saturated carbocycles. The lowest BCUT2D eigenvalue weighted by Crippen LogP contribution is -2.43. The number of anilines is 2. The zero-order chi connectivity index (χ0) is 36.7. The standard InChI is InChI=1S/C42H43N5O6/c1-2-21-46(41(50)52-26-28-10-5-3-6-11-28)25-38(48)43-31-16-19-33-30(23-31)15-18-34-35-24-32(17-20-36(35)45-39(33)34)44-40(49)37-14-9-22-47(37)42(51)53-27-29-12-7-4-8-13-29/h3-8,10-13,16-17,19-20,23-24,37,45H,2,9,14-15,18,21-22,25-27H2,1H3,(H,43,48)(H,44,49)/t37-/m0/s1. The molecule has 0 bridgehead atoms. The minimum absolute atomic E-state index is 0.110. The Bertz CT molecular complexity index is 2120. The molecule has 1 aromatic heterocycles.